The third-order valence-electron chi connectivity index (χ3n) is 2.65. The standard InChI is InChI=1S/C15H16BrNO/c1-2-9-17-10-11-18-14-8-7-12-5-3-4-6-13(12)15(14)16/h2-8,17H,1,9-11H2. The Morgan fingerprint density at radius 1 is 1.22 bits per heavy atom. The molecule has 2 aromatic carbocycles. The Kier molecular flexibility index (Phi) is 4.79. The molecule has 18 heavy (non-hydrogen) atoms. The summed E-state index contributed by atoms with van der Waals surface area (Å²) >= 11 is 3.60. The number of ether oxygens (including phenoxy) is 1. The van der Waals surface area contributed by atoms with Crippen molar-refractivity contribution < 1.29 is 4.74 Å². The van der Waals surface area contributed by atoms with E-state index in [1.54, 1.807) is 0 Å². The summed E-state index contributed by atoms with van der Waals surface area (Å²) in [5, 5.41) is 5.59. The predicted octanol–water partition coefficient (Wildman–Crippen LogP) is 3.76. The van der Waals surface area contributed by atoms with Crippen molar-refractivity contribution >= 4 is 26.7 Å². The van der Waals surface area contributed by atoms with E-state index >= 15 is 0 Å². The zero-order valence-corrected chi connectivity index (χ0v) is 11.7. The van der Waals surface area contributed by atoms with Gasteiger partial charge in [-0.25, -0.2) is 0 Å². The van der Waals surface area contributed by atoms with Gasteiger partial charge in [-0.1, -0.05) is 36.4 Å². The fraction of sp³-hybridized carbons (Fsp3) is 0.200. The van der Waals surface area contributed by atoms with Crippen LogP contribution >= 0.6 is 15.9 Å². The van der Waals surface area contributed by atoms with Gasteiger partial charge in [0.2, 0.25) is 0 Å². The maximum atomic E-state index is 5.75. The summed E-state index contributed by atoms with van der Waals surface area (Å²) < 4.78 is 6.77. The SMILES string of the molecule is C=CCNCCOc1ccc2ccccc2c1Br. The molecule has 0 aliphatic carbocycles. The second-order valence-corrected chi connectivity index (χ2v) is 4.73. The molecule has 0 aliphatic rings. The van der Waals surface area contributed by atoms with E-state index in [9.17, 15) is 0 Å². The van der Waals surface area contributed by atoms with Gasteiger partial charge in [0.05, 0.1) is 4.47 Å². The average Bonchev–Trinajstić information content (AvgIpc) is 2.41. The van der Waals surface area contributed by atoms with Gasteiger partial charge < -0.3 is 10.1 Å². The Morgan fingerprint density at radius 2 is 2.06 bits per heavy atom. The quantitative estimate of drug-likeness (QED) is 0.648. The minimum atomic E-state index is 0.644. The van der Waals surface area contributed by atoms with Crippen LogP contribution in [0.5, 0.6) is 5.75 Å². The first-order valence-corrected chi connectivity index (χ1v) is 6.74. The molecule has 0 radical (unpaired) electrons. The second kappa shape index (κ2) is 6.57. The van der Waals surface area contributed by atoms with Crippen molar-refractivity contribution in [1.82, 2.24) is 5.32 Å². The normalized spacial score (nSPS) is 10.5. The fourth-order valence-corrected chi connectivity index (χ4v) is 2.37. The number of hydrogen-bond acceptors (Lipinski definition) is 2. The van der Waals surface area contributed by atoms with Gasteiger partial charge in [-0.05, 0) is 32.8 Å². The third kappa shape index (κ3) is 3.12. The summed E-state index contributed by atoms with van der Waals surface area (Å²) in [4.78, 5) is 0. The zero-order chi connectivity index (χ0) is 12.8. The highest BCUT2D eigenvalue weighted by Crippen LogP contribution is 2.32. The van der Waals surface area contributed by atoms with E-state index in [2.05, 4.69) is 46.0 Å². The summed E-state index contributed by atoms with van der Waals surface area (Å²) in [6.07, 6.45) is 1.84. The zero-order valence-electron chi connectivity index (χ0n) is 10.2. The molecule has 0 amide bonds. The molecule has 0 saturated heterocycles. The largest absolute Gasteiger partial charge is 0.491 e. The Bertz CT molecular complexity index is 539. The van der Waals surface area contributed by atoms with Crippen LogP contribution in [0.3, 0.4) is 0 Å². The van der Waals surface area contributed by atoms with Gasteiger partial charge in [-0.3, -0.25) is 0 Å². The molecule has 0 atom stereocenters. The molecule has 2 nitrogen and oxygen atoms in total. The lowest BCUT2D eigenvalue weighted by Gasteiger charge is -2.10. The number of benzene rings is 2. The monoisotopic (exact) mass is 305 g/mol. The first kappa shape index (κ1) is 13.1. The summed E-state index contributed by atoms with van der Waals surface area (Å²) in [5.74, 6) is 0.883. The van der Waals surface area contributed by atoms with Crippen molar-refractivity contribution in [3.8, 4) is 5.75 Å². The molecule has 3 heteroatoms. The summed E-state index contributed by atoms with van der Waals surface area (Å²) in [7, 11) is 0. The molecule has 0 aromatic heterocycles. The lowest BCUT2D eigenvalue weighted by Crippen LogP contribution is -2.20. The fourth-order valence-electron chi connectivity index (χ4n) is 1.76. The molecule has 0 aliphatic heterocycles. The topological polar surface area (TPSA) is 21.3 Å². The van der Waals surface area contributed by atoms with Gasteiger partial charge in [0.1, 0.15) is 12.4 Å². The smallest absolute Gasteiger partial charge is 0.134 e. The third-order valence-corrected chi connectivity index (χ3v) is 3.47. The average molecular weight is 306 g/mol. The van der Waals surface area contributed by atoms with E-state index in [1.807, 2.05) is 24.3 Å². The summed E-state index contributed by atoms with van der Waals surface area (Å²) in [6.45, 7) is 5.92. The molecule has 0 spiro atoms. The molecule has 1 N–H and O–H groups in total. The highest BCUT2D eigenvalue weighted by atomic mass is 79.9. The molecular formula is C15H16BrNO. The molecule has 0 bridgehead atoms. The lowest BCUT2D eigenvalue weighted by atomic mass is 10.1. The highest BCUT2D eigenvalue weighted by molar-refractivity contribution is 9.10. The minimum Gasteiger partial charge on any atom is -0.491 e. The van der Waals surface area contributed by atoms with Crippen LogP contribution in [-0.4, -0.2) is 19.7 Å². The van der Waals surface area contributed by atoms with Crippen molar-refractivity contribution in [2.75, 3.05) is 19.7 Å². The van der Waals surface area contributed by atoms with Gasteiger partial charge >= 0.3 is 0 Å². The van der Waals surface area contributed by atoms with Crippen LogP contribution in [0.15, 0.2) is 53.5 Å². The highest BCUT2D eigenvalue weighted by Gasteiger charge is 2.05. The van der Waals surface area contributed by atoms with Crippen LogP contribution in [0.1, 0.15) is 0 Å². The van der Waals surface area contributed by atoms with E-state index in [1.165, 1.54) is 10.8 Å². The molecule has 2 rings (SSSR count). The van der Waals surface area contributed by atoms with Crippen molar-refractivity contribution in [1.29, 1.82) is 0 Å². The maximum Gasteiger partial charge on any atom is 0.134 e. The number of rotatable bonds is 6. The number of fused-ring (bicyclic) bond motifs is 1. The molecule has 0 heterocycles. The predicted molar refractivity (Wildman–Crippen MR) is 80.2 cm³/mol. The second-order valence-electron chi connectivity index (χ2n) is 3.94. The lowest BCUT2D eigenvalue weighted by molar-refractivity contribution is 0.315. The number of halogens is 1. The Labute approximate surface area is 116 Å². The van der Waals surface area contributed by atoms with E-state index in [0.29, 0.717) is 6.61 Å². The van der Waals surface area contributed by atoms with E-state index in [4.69, 9.17) is 4.74 Å². The van der Waals surface area contributed by atoms with Crippen molar-refractivity contribution in [3.05, 3.63) is 53.5 Å². The minimum absolute atomic E-state index is 0.644. The number of hydrogen-bond donors (Lipinski definition) is 1. The van der Waals surface area contributed by atoms with E-state index in [0.717, 1.165) is 23.3 Å². The van der Waals surface area contributed by atoms with Crippen LogP contribution in [-0.2, 0) is 0 Å². The van der Waals surface area contributed by atoms with E-state index < -0.39 is 0 Å². The molecule has 0 fully saturated rings. The van der Waals surface area contributed by atoms with Gasteiger partial charge in [-0.15, -0.1) is 6.58 Å². The van der Waals surface area contributed by atoms with Crippen LogP contribution < -0.4 is 10.1 Å². The Hall–Kier alpha value is -1.32. The van der Waals surface area contributed by atoms with Gasteiger partial charge in [0, 0.05) is 13.1 Å². The van der Waals surface area contributed by atoms with Crippen LogP contribution in [0, 0.1) is 0 Å². The number of nitrogens with one attached hydrogen (secondary N) is 1. The summed E-state index contributed by atoms with van der Waals surface area (Å²) in [5.41, 5.74) is 0. The van der Waals surface area contributed by atoms with Crippen molar-refractivity contribution in [2.45, 2.75) is 0 Å². The van der Waals surface area contributed by atoms with Crippen LogP contribution in [0.25, 0.3) is 10.8 Å². The van der Waals surface area contributed by atoms with E-state index in [-0.39, 0.29) is 0 Å². The molecule has 0 unspecified atom stereocenters. The van der Waals surface area contributed by atoms with Crippen LogP contribution in [0.4, 0.5) is 0 Å². The first-order chi connectivity index (χ1) is 8.83. The summed E-state index contributed by atoms with van der Waals surface area (Å²) in [6, 6.07) is 12.3. The molecule has 2 aromatic rings. The van der Waals surface area contributed by atoms with Crippen molar-refractivity contribution in [2.24, 2.45) is 0 Å². The first-order valence-electron chi connectivity index (χ1n) is 5.94. The Balaban J connectivity index is 2.05. The Morgan fingerprint density at radius 3 is 2.89 bits per heavy atom. The molecule has 0 saturated carbocycles. The van der Waals surface area contributed by atoms with Crippen LogP contribution in [0.2, 0.25) is 0 Å². The molecular weight excluding hydrogens is 290 g/mol. The molecule has 94 valence electrons. The maximum absolute atomic E-state index is 5.75. The van der Waals surface area contributed by atoms with Gasteiger partial charge in [-0.2, -0.15) is 0 Å². The van der Waals surface area contributed by atoms with Crippen molar-refractivity contribution in [3.63, 3.8) is 0 Å². The van der Waals surface area contributed by atoms with Gasteiger partial charge in [0.15, 0.2) is 0 Å². The van der Waals surface area contributed by atoms with Gasteiger partial charge in [0.25, 0.3) is 0 Å².